The molecule has 3 atom stereocenters. The number of aromatic nitrogens is 7. The lowest BCUT2D eigenvalue weighted by molar-refractivity contribution is 0.168. The molecule has 4 heterocycles. The smallest absolute Gasteiger partial charge is 0.223 e. The van der Waals surface area contributed by atoms with Gasteiger partial charge in [-0.15, -0.1) is 0 Å². The molecule has 176 valence electrons. The van der Waals surface area contributed by atoms with Crippen LogP contribution >= 0.6 is 0 Å². The van der Waals surface area contributed by atoms with Crippen LogP contribution in [0.2, 0.25) is 0 Å². The first-order valence-electron chi connectivity index (χ1n) is 11.5. The van der Waals surface area contributed by atoms with Crippen LogP contribution in [-0.4, -0.2) is 51.5 Å². The van der Waals surface area contributed by atoms with Crippen molar-refractivity contribution in [1.82, 2.24) is 34.3 Å². The molecular formula is C24H24N10O. The number of pyridine rings is 1. The van der Waals surface area contributed by atoms with Crippen molar-refractivity contribution in [3.05, 3.63) is 48.3 Å². The molecule has 1 unspecified atom stereocenters. The van der Waals surface area contributed by atoms with E-state index in [-0.39, 0.29) is 12.1 Å². The zero-order valence-corrected chi connectivity index (χ0v) is 19.2. The minimum atomic E-state index is -0.531. The second kappa shape index (κ2) is 9.49. The highest BCUT2D eigenvalue weighted by molar-refractivity contribution is 5.72. The summed E-state index contributed by atoms with van der Waals surface area (Å²) in [6, 6.07) is 6.36. The molecular weight excluding hydrogens is 444 g/mol. The van der Waals surface area contributed by atoms with E-state index >= 15 is 0 Å². The summed E-state index contributed by atoms with van der Waals surface area (Å²) >= 11 is 0. The Balaban J connectivity index is 1.35. The molecule has 11 nitrogen and oxygen atoms in total. The summed E-state index contributed by atoms with van der Waals surface area (Å²) in [6.45, 7) is 2.05. The number of anilines is 1. The van der Waals surface area contributed by atoms with Crippen LogP contribution in [-0.2, 0) is 6.54 Å². The molecule has 2 N–H and O–H groups in total. The van der Waals surface area contributed by atoms with E-state index in [1.165, 1.54) is 6.20 Å². The molecule has 1 saturated carbocycles. The highest BCUT2D eigenvalue weighted by Crippen LogP contribution is 2.32. The second-order valence-electron chi connectivity index (χ2n) is 8.86. The Bertz CT molecular complexity index is 1440. The van der Waals surface area contributed by atoms with Crippen LogP contribution in [0.1, 0.15) is 49.8 Å². The number of aliphatic hydroxyl groups excluding tert-OH is 1. The van der Waals surface area contributed by atoms with Crippen LogP contribution in [0.4, 0.5) is 5.95 Å². The maximum absolute atomic E-state index is 9.61. The third-order valence-corrected chi connectivity index (χ3v) is 6.18. The molecule has 0 amide bonds. The average Bonchev–Trinajstić information content (AvgIpc) is 3.50. The van der Waals surface area contributed by atoms with Crippen molar-refractivity contribution in [2.75, 3.05) is 5.32 Å². The molecule has 1 aliphatic carbocycles. The van der Waals surface area contributed by atoms with Gasteiger partial charge in [0.2, 0.25) is 5.95 Å². The van der Waals surface area contributed by atoms with E-state index in [1.807, 2.05) is 0 Å². The highest BCUT2D eigenvalue weighted by Gasteiger charge is 2.26. The lowest BCUT2D eigenvalue weighted by atomic mass is 9.91. The summed E-state index contributed by atoms with van der Waals surface area (Å²) in [4.78, 5) is 17.9. The van der Waals surface area contributed by atoms with E-state index in [4.69, 9.17) is 5.26 Å². The van der Waals surface area contributed by atoms with Gasteiger partial charge in [0, 0.05) is 30.0 Å². The number of aliphatic hydroxyl groups is 1. The Hall–Kier alpha value is -4.35. The maximum Gasteiger partial charge on any atom is 0.223 e. The predicted molar refractivity (Wildman–Crippen MR) is 127 cm³/mol. The molecule has 5 rings (SSSR count). The molecule has 0 saturated heterocycles. The van der Waals surface area contributed by atoms with Gasteiger partial charge in [-0.2, -0.15) is 15.6 Å². The Morgan fingerprint density at radius 3 is 2.86 bits per heavy atom. The summed E-state index contributed by atoms with van der Waals surface area (Å²) in [5.41, 5.74) is 3.56. The Morgan fingerprint density at radius 1 is 1.17 bits per heavy atom. The lowest BCUT2D eigenvalue weighted by Gasteiger charge is -2.30. The van der Waals surface area contributed by atoms with Crippen LogP contribution < -0.4 is 5.32 Å². The number of nitriles is 2. The molecule has 1 fully saturated rings. The van der Waals surface area contributed by atoms with Gasteiger partial charge in [0.1, 0.15) is 17.7 Å². The molecule has 35 heavy (non-hydrogen) atoms. The molecule has 0 aliphatic heterocycles. The highest BCUT2D eigenvalue weighted by atomic mass is 16.3. The van der Waals surface area contributed by atoms with Crippen LogP contribution in [0, 0.1) is 22.7 Å². The number of nitrogens with one attached hydrogen (secondary N) is 1. The first kappa shape index (κ1) is 22.4. The number of imidazole rings is 1. The van der Waals surface area contributed by atoms with Gasteiger partial charge in [-0.3, -0.25) is 4.68 Å². The minimum Gasteiger partial charge on any atom is -0.391 e. The van der Waals surface area contributed by atoms with E-state index in [2.05, 4.69) is 47.1 Å². The molecule has 1 aliphatic rings. The molecule has 11 heteroatoms. The molecule has 4 aromatic rings. The zero-order valence-electron chi connectivity index (χ0n) is 19.2. The number of nitrogens with zero attached hydrogens (tertiary/aromatic N) is 9. The fraction of sp³-hybridized carbons (Fsp3) is 0.375. The average molecular weight is 469 g/mol. The lowest BCUT2D eigenvalue weighted by Crippen LogP contribution is -2.29. The monoisotopic (exact) mass is 468 g/mol. The van der Waals surface area contributed by atoms with Crippen molar-refractivity contribution in [1.29, 1.82) is 10.5 Å². The predicted octanol–water partition coefficient (Wildman–Crippen LogP) is 2.80. The summed E-state index contributed by atoms with van der Waals surface area (Å²) in [5.74, 6) is 0.459. The van der Waals surface area contributed by atoms with Crippen LogP contribution in [0.3, 0.4) is 0 Å². The van der Waals surface area contributed by atoms with Crippen LogP contribution in [0.5, 0.6) is 0 Å². The maximum atomic E-state index is 9.61. The number of fused-ring (bicyclic) bond motifs is 1. The van der Waals surface area contributed by atoms with Crippen molar-refractivity contribution in [3.63, 3.8) is 0 Å². The van der Waals surface area contributed by atoms with E-state index in [0.717, 1.165) is 36.8 Å². The van der Waals surface area contributed by atoms with E-state index in [0.29, 0.717) is 34.9 Å². The third-order valence-electron chi connectivity index (χ3n) is 6.18. The van der Waals surface area contributed by atoms with Crippen molar-refractivity contribution in [3.8, 4) is 23.4 Å². The fourth-order valence-electron chi connectivity index (χ4n) is 4.59. The van der Waals surface area contributed by atoms with Gasteiger partial charge < -0.3 is 15.0 Å². The van der Waals surface area contributed by atoms with Gasteiger partial charge in [0.25, 0.3) is 0 Å². The van der Waals surface area contributed by atoms with Crippen molar-refractivity contribution < 1.29 is 5.11 Å². The largest absolute Gasteiger partial charge is 0.391 e. The minimum absolute atomic E-state index is 0.142. The molecule has 0 spiro atoms. The van der Waals surface area contributed by atoms with Crippen molar-refractivity contribution in [2.24, 2.45) is 0 Å². The number of rotatable bonds is 6. The summed E-state index contributed by atoms with van der Waals surface area (Å²) in [6.07, 6.45) is 11.6. The quantitative estimate of drug-likeness (QED) is 0.434. The number of hydrogen-bond acceptors (Lipinski definition) is 9. The van der Waals surface area contributed by atoms with E-state index < -0.39 is 6.10 Å². The third kappa shape index (κ3) is 4.67. The Morgan fingerprint density at radius 2 is 2.06 bits per heavy atom. The van der Waals surface area contributed by atoms with Gasteiger partial charge in [-0.1, -0.05) is 0 Å². The van der Waals surface area contributed by atoms with Gasteiger partial charge in [-0.25, -0.2) is 19.9 Å². The fourth-order valence-corrected chi connectivity index (χ4v) is 4.59. The summed E-state index contributed by atoms with van der Waals surface area (Å²) < 4.78 is 3.72. The van der Waals surface area contributed by atoms with Gasteiger partial charge in [0.05, 0.1) is 48.2 Å². The molecule has 0 aromatic carbocycles. The number of hydrogen-bond donors (Lipinski definition) is 2. The first-order chi connectivity index (χ1) is 17.0. The molecule has 4 aromatic heterocycles. The first-order valence-corrected chi connectivity index (χ1v) is 11.5. The standard InChI is InChI=1S/C24H24N10O/c1-15(35)12-33-13-18(11-30-33)22-17(8-26)10-28-24(32-22)31-19-3-2-4-20(6-19)34-14-29-21-5-16(7-25)9-27-23(21)34/h5,9-11,13-15,19-20,35H,2-4,6,12H2,1H3,(H,28,31,32)/t15?,19-,20+/m1/s1. The summed E-state index contributed by atoms with van der Waals surface area (Å²) in [5, 5.41) is 36.0. The topological polar surface area (TPSA) is 154 Å². The Labute approximate surface area is 201 Å². The molecule has 0 radical (unpaired) electrons. The molecule has 0 bridgehead atoms. The van der Waals surface area contributed by atoms with E-state index in [1.54, 1.807) is 42.6 Å². The van der Waals surface area contributed by atoms with Crippen molar-refractivity contribution in [2.45, 2.75) is 57.3 Å². The zero-order chi connectivity index (χ0) is 24.4. The van der Waals surface area contributed by atoms with Crippen LogP contribution in [0.15, 0.2) is 37.2 Å². The second-order valence-corrected chi connectivity index (χ2v) is 8.86. The summed E-state index contributed by atoms with van der Waals surface area (Å²) in [7, 11) is 0. The van der Waals surface area contributed by atoms with Gasteiger partial charge >= 0.3 is 0 Å². The normalized spacial score (nSPS) is 18.6. The Kier molecular flexibility index (Phi) is 6.08. The van der Waals surface area contributed by atoms with Crippen LogP contribution in [0.25, 0.3) is 22.4 Å². The SMILES string of the molecule is CC(O)Cn1cc(-c2nc(N[C@@H]3CCC[C@H](n4cnc5cc(C#N)cnc54)C3)ncc2C#N)cn1. The van der Waals surface area contributed by atoms with E-state index in [9.17, 15) is 10.4 Å². The van der Waals surface area contributed by atoms with Crippen molar-refractivity contribution >= 4 is 17.1 Å². The van der Waals surface area contributed by atoms with Gasteiger partial charge in [-0.05, 0) is 38.7 Å². The van der Waals surface area contributed by atoms with Gasteiger partial charge in [0.15, 0.2) is 5.65 Å².